The molecule has 0 spiro atoms. The highest BCUT2D eigenvalue weighted by molar-refractivity contribution is 9.11. The van der Waals surface area contributed by atoms with Gasteiger partial charge >= 0.3 is 0 Å². The molecule has 3 rings (SSSR count). The molecule has 0 atom stereocenters. The van der Waals surface area contributed by atoms with Gasteiger partial charge in [0.2, 0.25) is 5.75 Å². The third kappa shape index (κ3) is 2.36. The maximum absolute atomic E-state index is 12.2. The average Bonchev–Trinajstić information content (AvgIpc) is 2.76. The normalized spacial score (nSPS) is 15.0. The van der Waals surface area contributed by atoms with Crippen LogP contribution < -0.4 is 5.32 Å². The Morgan fingerprint density at radius 3 is 2.50 bits per heavy atom. The maximum Gasteiger partial charge on any atom is 0.256 e. The molecule has 0 fully saturated rings. The van der Waals surface area contributed by atoms with Gasteiger partial charge in [0.05, 0.1) is 5.69 Å². The lowest BCUT2D eigenvalue weighted by Crippen LogP contribution is -2.03. The van der Waals surface area contributed by atoms with Crippen molar-refractivity contribution in [3.8, 4) is 17.2 Å². The van der Waals surface area contributed by atoms with E-state index in [0.29, 0.717) is 16.8 Å². The molecule has 1 amide bonds. The first kappa shape index (κ1) is 14.9. The summed E-state index contributed by atoms with van der Waals surface area (Å²) < 4.78 is 1.52. The van der Waals surface area contributed by atoms with E-state index in [0.717, 1.165) is 8.95 Å². The van der Waals surface area contributed by atoms with Gasteiger partial charge in [0.1, 0.15) is 0 Å². The Balaban J connectivity index is 2.19. The molecule has 0 radical (unpaired) electrons. The van der Waals surface area contributed by atoms with E-state index in [1.54, 1.807) is 6.07 Å². The van der Waals surface area contributed by atoms with Gasteiger partial charge in [0.15, 0.2) is 11.5 Å². The van der Waals surface area contributed by atoms with Crippen LogP contribution in [0.15, 0.2) is 33.2 Å². The molecule has 4 N–H and O–H groups in total. The van der Waals surface area contributed by atoms with Crippen molar-refractivity contribution in [3.63, 3.8) is 0 Å². The van der Waals surface area contributed by atoms with E-state index in [4.69, 9.17) is 0 Å². The molecule has 1 aliphatic heterocycles. The smallest absolute Gasteiger partial charge is 0.256 e. The van der Waals surface area contributed by atoms with Gasteiger partial charge in [-0.05, 0) is 46.3 Å². The van der Waals surface area contributed by atoms with Crippen LogP contribution in [0, 0.1) is 0 Å². The lowest BCUT2D eigenvalue weighted by atomic mass is 10.0. The van der Waals surface area contributed by atoms with E-state index in [9.17, 15) is 20.1 Å². The molecule has 2 aromatic rings. The summed E-state index contributed by atoms with van der Waals surface area (Å²) in [6, 6.07) is 6.24. The third-order valence-electron chi connectivity index (χ3n) is 3.29. The predicted molar refractivity (Wildman–Crippen MR) is 89.8 cm³/mol. The van der Waals surface area contributed by atoms with Gasteiger partial charge in [0.25, 0.3) is 5.91 Å². The molecule has 0 unspecified atom stereocenters. The number of nitrogens with one attached hydrogen (secondary N) is 1. The van der Waals surface area contributed by atoms with E-state index in [-0.39, 0.29) is 11.5 Å². The Morgan fingerprint density at radius 2 is 1.77 bits per heavy atom. The number of phenolic OH excluding ortho intramolecular Hbond substituents is 3. The first-order chi connectivity index (χ1) is 10.4. The molecule has 5 nitrogen and oxygen atoms in total. The number of aromatic hydroxyl groups is 3. The summed E-state index contributed by atoms with van der Waals surface area (Å²) in [5.74, 6) is -1.85. The molecule has 7 heteroatoms. The second-order valence-electron chi connectivity index (χ2n) is 4.69. The molecular formula is C15H9Br2NO4. The Morgan fingerprint density at radius 1 is 1.05 bits per heavy atom. The number of hydrogen-bond donors (Lipinski definition) is 4. The van der Waals surface area contributed by atoms with E-state index < -0.39 is 17.2 Å². The van der Waals surface area contributed by atoms with Crippen molar-refractivity contribution in [2.24, 2.45) is 0 Å². The van der Waals surface area contributed by atoms with Gasteiger partial charge in [-0.2, -0.15) is 0 Å². The van der Waals surface area contributed by atoms with Crippen LogP contribution in [0.5, 0.6) is 17.2 Å². The van der Waals surface area contributed by atoms with Crippen molar-refractivity contribution in [1.29, 1.82) is 0 Å². The number of fused-ring (bicyclic) bond motifs is 1. The van der Waals surface area contributed by atoms with E-state index in [1.807, 2.05) is 6.07 Å². The van der Waals surface area contributed by atoms with Crippen molar-refractivity contribution < 1.29 is 20.1 Å². The molecular weight excluding hydrogens is 418 g/mol. The van der Waals surface area contributed by atoms with Crippen LogP contribution >= 0.6 is 31.9 Å². The monoisotopic (exact) mass is 425 g/mol. The van der Waals surface area contributed by atoms with E-state index >= 15 is 0 Å². The summed E-state index contributed by atoms with van der Waals surface area (Å²) >= 11 is 6.75. The van der Waals surface area contributed by atoms with Gasteiger partial charge in [-0.15, -0.1) is 0 Å². The first-order valence-electron chi connectivity index (χ1n) is 6.15. The summed E-state index contributed by atoms with van der Waals surface area (Å²) in [4.78, 5) is 12.2. The molecule has 22 heavy (non-hydrogen) atoms. The van der Waals surface area contributed by atoms with E-state index in [1.165, 1.54) is 18.2 Å². The highest BCUT2D eigenvalue weighted by atomic mass is 79.9. The van der Waals surface area contributed by atoms with Gasteiger partial charge in [-0.3, -0.25) is 4.79 Å². The molecule has 112 valence electrons. The summed E-state index contributed by atoms with van der Waals surface area (Å²) in [6.07, 6.45) is 1.45. The highest BCUT2D eigenvalue weighted by Gasteiger charge is 2.27. The van der Waals surface area contributed by atoms with Gasteiger partial charge in [0, 0.05) is 25.6 Å². The summed E-state index contributed by atoms with van der Waals surface area (Å²) in [7, 11) is 0. The molecule has 2 aromatic carbocycles. The summed E-state index contributed by atoms with van der Waals surface area (Å²) in [5.41, 5.74) is 1.88. The lowest BCUT2D eigenvalue weighted by molar-refractivity contribution is -0.110. The second-order valence-corrected chi connectivity index (χ2v) is 6.46. The van der Waals surface area contributed by atoms with Gasteiger partial charge < -0.3 is 20.6 Å². The average molecular weight is 427 g/mol. The topological polar surface area (TPSA) is 89.8 Å². The molecule has 0 bridgehead atoms. The molecule has 0 aliphatic carbocycles. The second kappa shape index (κ2) is 5.33. The van der Waals surface area contributed by atoms with Crippen molar-refractivity contribution in [2.45, 2.75) is 0 Å². The van der Waals surface area contributed by atoms with Crippen LogP contribution in [0.3, 0.4) is 0 Å². The number of hydrogen-bond acceptors (Lipinski definition) is 4. The fraction of sp³-hybridized carbons (Fsp3) is 0. The van der Waals surface area contributed by atoms with Crippen LogP contribution in [-0.2, 0) is 4.79 Å². The van der Waals surface area contributed by atoms with Crippen LogP contribution in [0.1, 0.15) is 11.1 Å². The van der Waals surface area contributed by atoms with Crippen molar-refractivity contribution in [1.82, 2.24) is 0 Å². The van der Waals surface area contributed by atoms with Crippen LogP contribution in [0.4, 0.5) is 5.69 Å². The van der Waals surface area contributed by atoms with Crippen molar-refractivity contribution in [3.05, 3.63) is 44.3 Å². The molecule has 0 saturated heterocycles. The molecule has 1 heterocycles. The number of carbonyl (C=O) groups excluding carboxylic acids is 1. The number of anilines is 1. The maximum atomic E-state index is 12.2. The number of carbonyl (C=O) groups is 1. The minimum atomic E-state index is -0.622. The number of amides is 1. The van der Waals surface area contributed by atoms with E-state index in [2.05, 4.69) is 37.2 Å². The van der Waals surface area contributed by atoms with Crippen molar-refractivity contribution in [2.75, 3.05) is 5.32 Å². The largest absolute Gasteiger partial charge is 0.504 e. The Bertz CT molecular complexity index is 846. The highest BCUT2D eigenvalue weighted by Crippen LogP contribution is 2.43. The Kier molecular flexibility index (Phi) is 3.62. The van der Waals surface area contributed by atoms with Crippen LogP contribution in [0.2, 0.25) is 0 Å². The fourth-order valence-electron chi connectivity index (χ4n) is 2.22. The van der Waals surface area contributed by atoms with Crippen LogP contribution in [-0.4, -0.2) is 21.2 Å². The van der Waals surface area contributed by atoms with Gasteiger partial charge in [-0.1, -0.05) is 15.9 Å². The quantitative estimate of drug-likeness (QED) is 0.412. The van der Waals surface area contributed by atoms with Crippen molar-refractivity contribution >= 4 is 55.1 Å². The first-order valence-corrected chi connectivity index (χ1v) is 7.73. The number of phenols is 3. The minimum Gasteiger partial charge on any atom is -0.504 e. The molecule has 1 aliphatic rings. The number of benzene rings is 2. The number of rotatable bonds is 1. The molecule has 0 aromatic heterocycles. The zero-order valence-corrected chi connectivity index (χ0v) is 14.1. The summed E-state index contributed by atoms with van der Waals surface area (Å²) in [6.45, 7) is 0. The number of halogens is 2. The van der Waals surface area contributed by atoms with Crippen LogP contribution in [0.25, 0.3) is 11.6 Å². The summed E-state index contributed by atoms with van der Waals surface area (Å²) in [5, 5.41) is 31.5. The third-order valence-corrected chi connectivity index (χ3v) is 4.37. The zero-order valence-electron chi connectivity index (χ0n) is 10.9. The zero-order chi connectivity index (χ0) is 16.0. The predicted octanol–water partition coefficient (Wildman–Crippen LogP) is 3.82. The SMILES string of the molecule is O=C1Nc2c(Br)cc(Br)cc2C1=Cc1ccc(O)c(O)c1O. The lowest BCUT2D eigenvalue weighted by Gasteiger charge is -2.05. The Labute approximate surface area is 142 Å². The minimum absolute atomic E-state index is 0.226. The fourth-order valence-corrected chi connectivity index (χ4v) is 3.54. The Hall–Kier alpha value is -1.99. The molecule has 0 saturated carbocycles. The standard InChI is InChI=1S/C15H9Br2NO4/c16-7-4-8-9(15(22)18-12(8)10(17)5-7)3-6-1-2-11(19)14(21)13(6)20/h1-5,19-21H,(H,18,22). The van der Waals surface area contributed by atoms with Gasteiger partial charge in [-0.25, -0.2) is 0 Å².